The minimum Gasteiger partial charge on any atom is -0.395 e. The Balaban J connectivity index is 2.58. The zero-order chi connectivity index (χ0) is 11.4. The number of aromatic amines is 1. The van der Waals surface area contributed by atoms with Crippen molar-refractivity contribution in [3.8, 4) is 0 Å². The van der Waals surface area contributed by atoms with Crippen LogP contribution in [-0.4, -0.2) is 45.6 Å². The first-order valence-corrected chi connectivity index (χ1v) is 4.43. The fourth-order valence-corrected chi connectivity index (χ4v) is 0.970. The Bertz CT molecular complexity index is 350. The summed E-state index contributed by atoms with van der Waals surface area (Å²) in [7, 11) is 0. The summed E-state index contributed by atoms with van der Waals surface area (Å²) in [5, 5.41) is 26.2. The van der Waals surface area contributed by atoms with Crippen molar-refractivity contribution < 1.29 is 15.0 Å². The van der Waals surface area contributed by atoms with Gasteiger partial charge < -0.3 is 21.3 Å². The second kappa shape index (κ2) is 4.76. The number of nitrogen functional groups attached to an aromatic ring is 1. The Kier molecular flexibility index (Phi) is 3.64. The topological polar surface area (TPSA) is 124 Å². The zero-order valence-corrected chi connectivity index (χ0v) is 8.32. The molecule has 1 aromatic rings. The number of amides is 1. The summed E-state index contributed by atoms with van der Waals surface area (Å²) < 4.78 is 0. The van der Waals surface area contributed by atoms with Gasteiger partial charge in [0, 0.05) is 6.54 Å². The van der Waals surface area contributed by atoms with Gasteiger partial charge in [0.25, 0.3) is 5.91 Å². The number of aryl methyl sites for hydroxylation is 1. The monoisotopic (exact) mass is 214 g/mol. The van der Waals surface area contributed by atoms with Crippen molar-refractivity contribution in [3.63, 3.8) is 0 Å². The highest BCUT2D eigenvalue weighted by atomic mass is 16.3. The fraction of sp³-hybridized carbons (Fsp3) is 0.500. The van der Waals surface area contributed by atoms with Crippen LogP contribution in [0.25, 0.3) is 0 Å². The summed E-state index contributed by atoms with van der Waals surface area (Å²) in [6.45, 7) is 1.25. The first-order valence-electron chi connectivity index (χ1n) is 4.43. The number of nitrogens with two attached hydrogens (primary N) is 1. The van der Waals surface area contributed by atoms with E-state index < -0.39 is 18.6 Å². The molecule has 1 unspecified atom stereocenters. The van der Waals surface area contributed by atoms with E-state index in [0.29, 0.717) is 5.69 Å². The van der Waals surface area contributed by atoms with Crippen LogP contribution in [0.4, 0.5) is 5.69 Å². The Hall–Kier alpha value is -1.60. The fourth-order valence-electron chi connectivity index (χ4n) is 0.970. The first-order chi connectivity index (χ1) is 7.06. The number of carbonyl (C=O) groups is 1. The lowest BCUT2D eigenvalue weighted by molar-refractivity contribution is 0.0799. The molecular weight excluding hydrogens is 200 g/mol. The van der Waals surface area contributed by atoms with Crippen LogP contribution in [0.5, 0.6) is 0 Å². The van der Waals surface area contributed by atoms with Crippen LogP contribution in [0.3, 0.4) is 0 Å². The third-order valence-corrected chi connectivity index (χ3v) is 1.92. The summed E-state index contributed by atoms with van der Waals surface area (Å²) in [5.41, 5.74) is 6.57. The molecule has 1 heterocycles. The van der Waals surface area contributed by atoms with E-state index in [-0.39, 0.29) is 17.9 Å². The molecule has 84 valence electrons. The van der Waals surface area contributed by atoms with Gasteiger partial charge in [0.2, 0.25) is 0 Å². The van der Waals surface area contributed by atoms with Crippen molar-refractivity contribution in [3.05, 3.63) is 11.4 Å². The summed E-state index contributed by atoms with van der Waals surface area (Å²) in [4.78, 5) is 11.4. The second-order valence-electron chi connectivity index (χ2n) is 3.16. The minimum absolute atomic E-state index is 0.0410. The van der Waals surface area contributed by atoms with Crippen LogP contribution in [0.1, 0.15) is 16.2 Å². The maximum Gasteiger partial charge on any atom is 0.274 e. The van der Waals surface area contributed by atoms with Crippen LogP contribution in [0.15, 0.2) is 0 Å². The highest BCUT2D eigenvalue weighted by Gasteiger charge is 2.15. The summed E-state index contributed by atoms with van der Waals surface area (Å²) in [6, 6.07) is 0. The molecule has 1 amide bonds. The molecule has 0 fully saturated rings. The molecule has 1 atom stereocenters. The van der Waals surface area contributed by atoms with Crippen molar-refractivity contribution in [2.24, 2.45) is 0 Å². The maximum absolute atomic E-state index is 11.4. The largest absolute Gasteiger partial charge is 0.395 e. The van der Waals surface area contributed by atoms with Gasteiger partial charge in [0.05, 0.1) is 24.1 Å². The van der Waals surface area contributed by atoms with Gasteiger partial charge in [-0.05, 0) is 6.92 Å². The SMILES string of the molecule is Cc1[nH]nc(C(=O)NCC(O)CO)c1N. The molecule has 0 saturated carbocycles. The third kappa shape index (κ3) is 2.67. The van der Waals surface area contributed by atoms with Gasteiger partial charge in [-0.15, -0.1) is 0 Å². The molecule has 6 N–H and O–H groups in total. The van der Waals surface area contributed by atoms with Crippen molar-refractivity contribution in [1.29, 1.82) is 0 Å². The molecule has 0 radical (unpaired) electrons. The number of hydrogen-bond donors (Lipinski definition) is 5. The molecule has 7 nitrogen and oxygen atoms in total. The van der Waals surface area contributed by atoms with E-state index in [2.05, 4.69) is 15.5 Å². The van der Waals surface area contributed by atoms with E-state index >= 15 is 0 Å². The number of aliphatic hydroxyl groups is 2. The second-order valence-corrected chi connectivity index (χ2v) is 3.16. The molecule has 0 spiro atoms. The Morgan fingerprint density at radius 3 is 2.87 bits per heavy atom. The quantitative estimate of drug-likeness (QED) is 0.412. The Labute approximate surface area is 86.3 Å². The number of anilines is 1. The van der Waals surface area contributed by atoms with Crippen molar-refractivity contribution in [1.82, 2.24) is 15.5 Å². The number of aromatic nitrogens is 2. The average molecular weight is 214 g/mol. The lowest BCUT2D eigenvalue weighted by atomic mass is 10.3. The number of nitrogens with one attached hydrogen (secondary N) is 2. The third-order valence-electron chi connectivity index (χ3n) is 1.92. The minimum atomic E-state index is -0.977. The highest BCUT2D eigenvalue weighted by Crippen LogP contribution is 2.11. The summed E-state index contributed by atoms with van der Waals surface area (Å²) >= 11 is 0. The van der Waals surface area contributed by atoms with E-state index in [1.807, 2.05) is 0 Å². The lowest BCUT2D eigenvalue weighted by Gasteiger charge is -2.07. The van der Waals surface area contributed by atoms with Gasteiger partial charge in [-0.25, -0.2) is 0 Å². The Morgan fingerprint density at radius 1 is 1.73 bits per heavy atom. The van der Waals surface area contributed by atoms with Crippen LogP contribution in [0, 0.1) is 6.92 Å². The molecule has 0 aromatic carbocycles. The van der Waals surface area contributed by atoms with E-state index in [4.69, 9.17) is 15.9 Å². The van der Waals surface area contributed by atoms with E-state index in [1.54, 1.807) is 6.92 Å². The number of aliphatic hydroxyl groups excluding tert-OH is 2. The van der Waals surface area contributed by atoms with Crippen molar-refractivity contribution in [2.45, 2.75) is 13.0 Å². The first kappa shape index (κ1) is 11.5. The highest BCUT2D eigenvalue weighted by molar-refractivity contribution is 5.97. The van der Waals surface area contributed by atoms with Crippen LogP contribution in [0.2, 0.25) is 0 Å². The molecule has 1 rings (SSSR count). The smallest absolute Gasteiger partial charge is 0.274 e. The van der Waals surface area contributed by atoms with Gasteiger partial charge >= 0.3 is 0 Å². The van der Waals surface area contributed by atoms with Crippen LogP contribution >= 0.6 is 0 Å². The molecule has 7 heteroatoms. The van der Waals surface area contributed by atoms with Gasteiger partial charge in [-0.3, -0.25) is 9.89 Å². The van der Waals surface area contributed by atoms with E-state index in [9.17, 15) is 4.79 Å². The Morgan fingerprint density at radius 2 is 2.40 bits per heavy atom. The van der Waals surface area contributed by atoms with Crippen molar-refractivity contribution in [2.75, 3.05) is 18.9 Å². The molecule has 1 aromatic heterocycles. The average Bonchev–Trinajstić information content (AvgIpc) is 2.56. The lowest BCUT2D eigenvalue weighted by Crippen LogP contribution is -2.34. The summed E-state index contributed by atoms with van der Waals surface area (Å²) in [6.07, 6.45) is -0.977. The summed E-state index contributed by atoms with van der Waals surface area (Å²) in [5.74, 6) is -0.482. The zero-order valence-electron chi connectivity index (χ0n) is 8.32. The van der Waals surface area contributed by atoms with Crippen LogP contribution in [-0.2, 0) is 0 Å². The molecular formula is C8H14N4O3. The number of nitrogens with zero attached hydrogens (tertiary/aromatic N) is 1. The van der Waals surface area contributed by atoms with E-state index in [1.165, 1.54) is 0 Å². The number of rotatable bonds is 4. The molecule has 0 bridgehead atoms. The van der Waals surface area contributed by atoms with Gasteiger partial charge in [-0.1, -0.05) is 0 Å². The molecule has 0 aliphatic heterocycles. The predicted octanol–water partition coefficient (Wildman–Crippen LogP) is -1.62. The maximum atomic E-state index is 11.4. The predicted molar refractivity (Wildman–Crippen MR) is 53.2 cm³/mol. The molecule has 0 aliphatic carbocycles. The molecule has 0 aliphatic rings. The van der Waals surface area contributed by atoms with Gasteiger partial charge in [-0.2, -0.15) is 5.10 Å². The molecule has 15 heavy (non-hydrogen) atoms. The van der Waals surface area contributed by atoms with Crippen molar-refractivity contribution >= 4 is 11.6 Å². The molecule has 0 saturated heterocycles. The normalized spacial score (nSPS) is 12.5. The van der Waals surface area contributed by atoms with E-state index in [0.717, 1.165) is 0 Å². The number of carbonyl (C=O) groups excluding carboxylic acids is 1. The van der Waals surface area contributed by atoms with Gasteiger partial charge in [0.1, 0.15) is 0 Å². The van der Waals surface area contributed by atoms with Gasteiger partial charge in [0.15, 0.2) is 5.69 Å². The standard InChI is InChI=1S/C8H14N4O3/c1-4-6(9)7(12-11-4)8(15)10-2-5(14)3-13/h5,13-14H,2-3,9H2,1H3,(H,10,15)(H,11,12). The number of hydrogen-bond acceptors (Lipinski definition) is 5. The van der Waals surface area contributed by atoms with Crippen LogP contribution < -0.4 is 11.1 Å². The number of H-pyrrole nitrogens is 1.